The Balaban J connectivity index is 2.05. The smallest absolute Gasteiger partial charge is 0.0706 e. The lowest BCUT2D eigenvalue weighted by molar-refractivity contribution is 0.284. The highest BCUT2D eigenvalue weighted by atomic mass is 35.5. The maximum atomic E-state index is 6.71. The number of hydrogen-bond donors (Lipinski definition) is 0. The van der Waals surface area contributed by atoms with Gasteiger partial charge in [0.15, 0.2) is 0 Å². The fraction of sp³-hybridized carbons (Fsp3) is 0.750. The van der Waals surface area contributed by atoms with E-state index < -0.39 is 0 Å². The van der Waals surface area contributed by atoms with Gasteiger partial charge in [0, 0.05) is 9.75 Å². The lowest BCUT2D eigenvalue weighted by Gasteiger charge is -2.29. The van der Waals surface area contributed by atoms with Crippen LogP contribution in [-0.4, -0.2) is 0 Å². The molecule has 1 aliphatic rings. The first-order valence-electron chi connectivity index (χ1n) is 7.12. The average Bonchev–Trinajstić information content (AvgIpc) is 2.78. The molecule has 2 rings (SSSR count). The molecule has 0 amide bonds. The second-order valence-corrected chi connectivity index (χ2v) is 8.46. The van der Waals surface area contributed by atoms with Crippen LogP contribution in [0.1, 0.15) is 68.5 Å². The SMILES string of the molecule is CC1CCC(C(Cl)c2ccc(C(C)(C)C)s2)CC1. The molecular formula is C16H25ClS. The molecule has 0 N–H and O–H groups in total. The van der Waals surface area contributed by atoms with Gasteiger partial charge in [-0.05, 0) is 42.2 Å². The number of halogens is 1. The maximum absolute atomic E-state index is 6.71. The molecule has 1 atom stereocenters. The first kappa shape index (κ1) is 14.4. The summed E-state index contributed by atoms with van der Waals surface area (Å²) in [6, 6.07) is 4.52. The zero-order valence-electron chi connectivity index (χ0n) is 12.0. The van der Waals surface area contributed by atoms with Crippen molar-refractivity contribution in [2.45, 2.75) is 64.2 Å². The zero-order chi connectivity index (χ0) is 13.3. The Hall–Kier alpha value is -0.0100. The Morgan fingerprint density at radius 2 is 1.78 bits per heavy atom. The Morgan fingerprint density at radius 1 is 1.17 bits per heavy atom. The first-order chi connectivity index (χ1) is 8.38. The summed E-state index contributed by atoms with van der Waals surface area (Å²) in [6.45, 7) is 9.18. The van der Waals surface area contributed by atoms with Gasteiger partial charge >= 0.3 is 0 Å². The van der Waals surface area contributed by atoms with Crippen molar-refractivity contribution in [2.75, 3.05) is 0 Å². The van der Waals surface area contributed by atoms with Crippen LogP contribution in [-0.2, 0) is 5.41 Å². The molecular weight excluding hydrogens is 260 g/mol. The van der Waals surface area contributed by atoms with Gasteiger partial charge in [-0.3, -0.25) is 0 Å². The van der Waals surface area contributed by atoms with Gasteiger partial charge in [-0.1, -0.05) is 40.5 Å². The summed E-state index contributed by atoms with van der Waals surface area (Å²) in [5.74, 6) is 1.59. The van der Waals surface area contributed by atoms with Crippen molar-refractivity contribution in [3.63, 3.8) is 0 Å². The minimum Gasteiger partial charge on any atom is -0.143 e. The third kappa shape index (κ3) is 3.30. The van der Waals surface area contributed by atoms with E-state index in [2.05, 4.69) is 39.8 Å². The molecule has 102 valence electrons. The summed E-state index contributed by atoms with van der Waals surface area (Å²) in [7, 11) is 0. The predicted octanol–water partition coefficient (Wildman–Crippen LogP) is 6.15. The van der Waals surface area contributed by atoms with Crippen molar-refractivity contribution in [1.82, 2.24) is 0 Å². The normalized spacial score (nSPS) is 27.2. The number of hydrogen-bond acceptors (Lipinski definition) is 1. The van der Waals surface area contributed by atoms with Gasteiger partial charge < -0.3 is 0 Å². The number of thiophene rings is 1. The van der Waals surface area contributed by atoms with Crippen LogP contribution in [0.3, 0.4) is 0 Å². The maximum Gasteiger partial charge on any atom is 0.0706 e. The van der Waals surface area contributed by atoms with E-state index in [-0.39, 0.29) is 10.8 Å². The van der Waals surface area contributed by atoms with E-state index in [1.165, 1.54) is 35.4 Å². The average molecular weight is 285 g/mol. The Labute approximate surface area is 121 Å². The molecule has 1 aromatic heterocycles. The van der Waals surface area contributed by atoms with Gasteiger partial charge in [0.1, 0.15) is 0 Å². The van der Waals surface area contributed by atoms with E-state index >= 15 is 0 Å². The molecule has 0 aromatic carbocycles. The molecule has 0 nitrogen and oxygen atoms in total. The standard InChI is InChI=1S/C16H25ClS/c1-11-5-7-12(8-6-11)15(17)13-9-10-14(18-13)16(2,3)4/h9-12,15H,5-8H2,1-4H3. The molecule has 1 saturated carbocycles. The van der Waals surface area contributed by atoms with E-state index in [9.17, 15) is 0 Å². The molecule has 0 bridgehead atoms. The quantitative estimate of drug-likeness (QED) is 0.571. The summed E-state index contributed by atoms with van der Waals surface area (Å²) in [5, 5.41) is 0.235. The second kappa shape index (κ2) is 5.54. The van der Waals surface area contributed by atoms with Gasteiger partial charge in [0.2, 0.25) is 0 Å². The fourth-order valence-corrected chi connectivity index (χ4v) is 4.31. The second-order valence-electron chi connectivity index (χ2n) is 6.87. The van der Waals surface area contributed by atoms with Gasteiger partial charge in [-0.15, -0.1) is 22.9 Å². The minimum atomic E-state index is 0.235. The first-order valence-corrected chi connectivity index (χ1v) is 8.37. The van der Waals surface area contributed by atoms with E-state index in [4.69, 9.17) is 11.6 Å². The molecule has 1 unspecified atom stereocenters. The van der Waals surface area contributed by atoms with Crippen molar-refractivity contribution >= 4 is 22.9 Å². The molecule has 0 radical (unpaired) electrons. The number of rotatable bonds is 2. The number of alkyl halides is 1. The van der Waals surface area contributed by atoms with E-state index in [1.54, 1.807) is 0 Å². The summed E-state index contributed by atoms with van der Waals surface area (Å²) in [6.07, 6.45) is 5.31. The highest BCUT2D eigenvalue weighted by molar-refractivity contribution is 7.12. The van der Waals surface area contributed by atoms with E-state index in [0.717, 1.165) is 5.92 Å². The Bertz CT molecular complexity index is 380. The highest BCUT2D eigenvalue weighted by Gasteiger charge is 2.27. The van der Waals surface area contributed by atoms with Gasteiger partial charge in [0.25, 0.3) is 0 Å². The molecule has 1 aromatic rings. The summed E-state index contributed by atoms with van der Waals surface area (Å²) >= 11 is 8.62. The van der Waals surface area contributed by atoms with Crippen LogP contribution >= 0.6 is 22.9 Å². The fourth-order valence-electron chi connectivity index (χ4n) is 2.71. The topological polar surface area (TPSA) is 0 Å². The lowest BCUT2D eigenvalue weighted by atomic mass is 9.81. The molecule has 1 heterocycles. The monoisotopic (exact) mass is 284 g/mol. The van der Waals surface area contributed by atoms with Crippen molar-refractivity contribution in [2.24, 2.45) is 11.8 Å². The lowest BCUT2D eigenvalue weighted by Crippen LogP contribution is -2.16. The van der Waals surface area contributed by atoms with Crippen LogP contribution in [0.4, 0.5) is 0 Å². The molecule has 2 heteroatoms. The minimum absolute atomic E-state index is 0.235. The van der Waals surface area contributed by atoms with Gasteiger partial charge in [0.05, 0.1) is 5.38 Å². The van der Waals surface area contributed by atoms with Crippen molar-refractivity contribution in [3.8, 4) is 0 Å². The van der Waals surface area contributed by atoms with E-state index in [0.29, 0.717) is 5.92 Å². The Morgan fingerprint density at radius 3 is 2.28 bits per heavy atom. The summed E-state index contributed by atoms with van der Waals surface area (Å²) in [5.41, 5.74) is 0.251. The molecule has 18 heavy (non-hydrogen) atoms. The van der Waals surface area contributed by atoms with Crippen LogP contribution in [0.25, 0.3) is 0 Å². The van der Waals surface area contributed by atoms with Gasteiger partial charge in [-0.2, -0.15) is 0 Å². The van der Waals surface area contributed by atoms with Gasteiger partial charge in [-0.25, -0.2) is 0 Å². The van der Waals surface area contributed by atoms with Crippen molar-refractivity contribution < 1.29 is 0 Å². The third-order valence-corrected chi connectivity index (χ3v) is 6.43. The molecule has 0 spiro atoms. The Kier molecular flexibility index (Phi) is 4.44. The predicted molar refractivity (Wildman–Crippen MR) is 82.7 cm³/mol. The van der Waals surface area contributed by atoms with E-state index in [1.807, 2.05) is 11.3 Å². The highest BCUT2D eigenvalue weighted by Crippen LogP contribution is 2.43. The van der Waals surface area contributed by atoms with Crippen LogP contribution in [0.15, 0.2) is 12.1 Å². The molecule has 1 fully saturated rings. The van der Waals surface area contributed by atoms with Crippen LogP contribution in [0.2, 0.25) is 0 Å². The largest absolute Gasteiger partial charge is 0.143 e. The molecule has 0 saturated heterocycles. The van der Waals surface area contributed by atoms with Crippen LogP contribution in [0.5, 0.6) is 0 Å². The summed E-state index contributed by atoms with van der Waals surface area (Å²) < 4.78 is 0. The third-order valence-electron chi connectivity index (χ3n) is 4.11. The summed E-state index contributed by atoms with van der Waals surface area (Å²) in [4.78, 5) is 2.83. The van der Waals surface area contributed by atoms with Crippen LogP contribution in [0, 0.1) is 11.8 Å². The van der Waals surface area contributed by atoms with Crippen LogP contribution < -0.4 is 0 Å². The zero-order valence-corrected chi connectivity index (χ0v) is 13.6. The van der Waals surface area contributed by atoms with Crippen molar-refractivity contribution in [3.05, 3.63) is 21.9 Å². The molecule has 0 aliphatic heterocycles. The molecule has 1 aliphatic carbocycles. The van der Waals surface area contributed by atoms with Crippen molar-refractivity contribution in [1.29, 1.82) is 0 Å².